The highest BCUT2D eigenvalue weighted by Crippen LogP contribution is 2.32. The van der Waals surface area contributed by atoms with Gasteiger partial charge in [-0.1, -0.05) is 97.1 Å². The smallest absolute Gasteiger partial charge is 0.0340 e. The Morgan fingerprint density at radius 1 is 0.682 bits per heavy atom. The fourth-order valence-electron chi connectivity index (χ4n) is 2.85. The number of rotatable bonds is 4. The summed E-state index contributed by atoms with van der Waals surface area (Å²) in [5.41, 5.74) is 6.23. The van der Waals surface area contributed by atoms with Crippen molar-refractivity contribution in [2.45, 2.75) is 12.8 Å². The summed E-state index contributed by atoms with van der Waals surface area (Å²) in [7, 11) is 0. The Bertz CT molecular complexity index is 715. The van der Waals surface area contributed by atoms with Crippen molar-refractivity contribution in [2.75, 3.05) is 0 Å². The molecular formula is C22H20. The normalized spacial score (nSPS) is 10.6. The van der Waals surface area contributed by atoms with Gasteiger partial charge in [0.2, 0.25) is 0 Å². The minimum Gasteiger partial charge on any atom is -0.0955 e. The maximum atomic E-state index is 4.07. The largest absolute Gasteiger partial charge is 0.0955 e. The molecule has 3 aromatic rings. The average molecular weight is 284 g/mol. The highest BCUT2D eigenvalue weighted by atomic mass is 14.2. The minimum absolute atomic E-state index is 0.252. The molecule has 0 atom stereocenters. The molecule has 0 radical (unpaired) electrons. The molecule has 0 aliphatic carbocycles. The van der Waals surface area contributed by atoms with Crippen LogP contribution in [0, 0.1) is 0 Å². The van der Waals surface area contributed by atoms with Crippen LogP contribution in [0.5, 0.6) is 0 Å². The van der Waals surface area contributed by atoms with Crippen molar-refractivity contribution in [3.63, 3.8) is 0 Å². The van der Waals surface area contributed by atoms with Gasteiger partial charge in [0.25, 0.3) is 0 Å². The van der Waals surface area contributed by atoms with Crippen LogP contribution in [0.3, 0.4) is 0 Å². The van der Waals surface area contributed by atoms with Crippen LogP contribution in [-0.4, -0.2) is 0 Å². The fourth-order valence-corrected chi connectivity index (χ4v) is 2.85. The van der Waals surface area contributed by atoms with Crippen molar-refractivity contribution in [1.82, 2.24) is 0 Å². The molecule has 3 aromatic carbocycles. The Morgan fingerprint density at radius 2 is 1.18 bits per heavy atom. The zero-order chi connectivity index (χ0) is 15.4. The molecule has 0 saturated carbocycles. The third kappa shape index (κ3) is 3.01. The summed E-state index contributed by atoms with van der Waals surface area (Å²) in [6, 6.07) is 30.1. The minimum atomic E-state index is 0.252. The number of benzene rings is 3. The molecule has 0 nitrogen and oxygen atoms in total. The molecule has 0 aromatic heterocycles. The second-order valence-electron chi connectivity index (χ2n) is 5.66. The van der Waals surface area contributed by atoms with E-state index >= 15 is 0 Å². The highest BCUT2D eigenvalue weighted by Gasteiger charge is 2.16. The van der Waals surface area contributed by atoms with Gasteiger partial charge in [-0.25, -0.2) is 0 Å². The van der Waals surface area contributed by atoms with Crippen molar-refractivity contribution in [2.24, 2.45) is 0 Å². The molecule has 0 aliphatic heterocycles. The van der Waals surface area contributed by atoms with Gasteiger partial charge in [0.1, 0.15) is 0 Å². The van der Waals surface area contributed by atoms with Crippen LogP contribution in [0.25, 0.3) is 5.57 Å². The van der Waals surface area contributed by atoms with Gasteiger partial charge in [0, 0.05) is 5.92 Å². The van der Waals surface area contributed by atoms with Crippen molar-refractivity contribution in [3.05, 3.63) is 114 Å². The zero-order valence-corrected chi connectivity index (χ0v) is 12.9. The third-order valence-electron chi connectivity index (χ3n) is 3.98. The lowest BCUT2D eigenvalue weighted by Gasteiger charge is -2.19. The number of hydrogen-bond donors (Lipinski definition) is 0. The first-order valence-electron chi connectivity index (χ1n) is 7.61. The van der Waals surface area contributed by atoms with Gasteiger partial charge in [-0.2, -0.15) is 0 Å². The molecule has 3 rings (SSSR count). The first-order chi connectivity index (χ1) is 10.8. The third-order valence-corrected chi connectivity index (χ3v) is 3.98. The Balaban J connectivity index is 2.14. The quantitative estimate of drug-likeness (QED) is 0.523. The lowest BCUT2D eigenvalue weighted by atomic mass is 9.84. The molecule has 0 saturated heterocycles. The van der Waals surface area contributed by atoms with Crippen LogP contribution in [0.1, 0.15) is 35.1 Å². The van der Waals surface area contributed by atoms with E-state index < -0.39 is 0 Å². The fraction of sp³-hybridized carbons (Fsp3) is 0.0909. The Kier molecular flexibility index (Phi) is 4.20. The maximum absolute atomic E-state index is 4.07. The van der Waals surface area contributed by atoms with E-state index in [-0.39, 0.29) is 5.92 Å². The molecule has 0 heterocycles. The molecule has 0 spiro atoms. The lowest BCUT2D eigenvalue weighted by Crippen LogP contribution is -2.03. The molecule has 0 bridgehead atoms. The predicted octanol–water partition coefficient (Wildman–Crippen LogP) is 5.90. The van der Waals surface area contributed by atoms with E-state index in [1.807, 2.05) is 0 Å². The van der Waals surface area contributed by atoms with E-state index in [2.05, 4.69) is 98.4 Å². The molecule has 0 aliphatic rings. The van der Waals surface area contributed by atoms with Crippen molar-refractivity contribution < 1.29 is 0 Å². The molecule has 108 valence electrons. The molecule has 0 unspecified atom stereocenters. The lowest BCUT2D eigenvalue weighted by molar-refractivity contribution is 0.976. The van der Waals surface area contributed by atoms with E-state index in [0.717, 1.165) is 5.57 Å². The van der Waals surface area contributed by atoms with E-state index in [9.17, 15) is 0 Å². The molecule has 0 amide bonds. The van der Waals surface area contributed by atoms with Crippen LogP contribution in [0.15, 0.2) is 91.5 Å². The molecule has 22 heavy (non-hydrogen) atoms. The van der Waals surface area contributed by atoms with Crippen LogP contribution >= 0.6 is 0 Å². The Morgan fingerprint density at radius 3 is 1.68 bits per heavy atom. The zero-order valence-electron chi connectivity index (χ0n) is 12.9. The first kappa shape index (κ1) is 14.3. The predicted molar refractivity (Wildman–Crippen MR) is 95.0 cm³/mol. The molecule has 0 fully saturated rings. The number of hydrogen-bond acceptors (Lipinski definition) is 0. The van der Waals surface area contributed by atoms with Crippen molar-refractivity contribution >= 4 is 5.57 Å². The van der Waals surface area contributed by atoms with E-state index in [1.54, 1.807) is 0 Å². The van der Waals surface area contributed by atoms with Gasteiger partial charge in [-0.05, 0) is 29.2 Å². The van der Waals surface area contributed by atoms with Crippen LogP contribution in [0.2, 0.25) is 0 Å². The van der Waals surface area contributed by atoms with Crippen molar-refractivity contribution in [3.8, 4) is 0 Å². The van der Waals surface area contributed by atoms with E-state index in [0.29, 0.717) is 0 Å². The maximum Gasteiger partial charge on any atom is 0.0340 e. The van der Waals surface area contributed by atoms with Gasteiger partial charge in [0.05, 0.1) is 0 Å². The van der Waals surface area contributed by atoms with E-state index in [4.69, 9.17) is 0 Å². The molecule has 0 heteroatoms. The SMILES string of the molecule is C=C(C)c1cccc(C(c2ccccc2)c2ccccc2)c1. The summed E-state index contributed by atoms with van der Waals surface area (Å²) in [5.74, 6) is 0.252. The van der Waals surface area contributed by atoms with Crippen LogP contribution in [-0.2, 0) is 0 Å². The number of allylic oxidation sites excluding steroid dienone is 1. The summed E-state index contributed by atoms with van der Waals surface area (Å²) in [6.45, 7) is 6.13. The summed E-state index contributed by atoms with van der Waals surface area (Å²) >= 11 is 0. The second-order valence-corrected chi connectivity index (χ2v) is 5.66. The monoisotopic (exact) mass is 284 g/mol. The van der Waals surface area contributed by atoms with Gasteiger partial charge < -0.3 is 0 Å². The van der Waals surface area contributed by atoms with Crippen LogP contribution in [0.4, 0.5) is 0 Å². The summed E-state index contributed by atoms with van der Waals surface area (Å²) in [4.78, 5) is 0. The topological polar surface area (TPSA) is 0 Å². The summed E-state index contributed by atoms with van der Waals surface area (Å²) in [5, 5.41) is 0. The summed E-state index contributed by atoms with van der Waals surface area (Å²) in [6.07, 6.45) is 0. The molecule has 0 N–H and O–H groups in total. The summed E-state index contributed by atoms with van der Waals surface area (Å²) < 4.78 is 0. The first-order valence-corrected chi connectivity index (χ1v) is 7.61. The van der Waals surface area contributed by atoms with Gasteiger partial charge in [-0.15, -0.1) is 0 Å². The Hall–Kier alpha value is -2.60. The van der Waals surface area contributed by atoms with Crippen molar-refractivity contribution in [1.29, 1.82) is 0 Å². The van der Waals surface area contributed by atoms with E-state index in [1.165, 1.54) is 22.3 Å². The van der Waals surface area contributed by atoms with Gasteiger partial charge in [0.15, 0.2) is 0 Å². The van der Waals surface area contributed by atoms with Gasteiger partial charge in [-0.3, -0.25) is 0 Å². The molecular weight excluding hydrogens is 264 g/mol. The second kappa shape index (κ2) is 6.44. The highest BCUT2D eigenvalue weighted by molar-refractivity contribution is 5.62. The average Bonchev–Trinajstić information content (AvgIpc) is 2.57. The Labute approximate surface area is 132 Å². The standard InChI is InChI=1S/C22H20/c1-17(2)20-14-9-15-21(16-20)22(18-10-5-3-6-11-18)19-12-7-4-8-13-19/h3-16,22H,1H2,2H3. The van der Waals surface area contributed by atoms with Crippen LogP contribution < -0.4 is 0 Å². The van der Waals surface area contributed by atoms with Gasteiger partial charge >= 0.3 is 0 Å².